The van der Waals surface area contributed by atoms with Crippen LogP contribution in [0.25, 0.3) is 0 Å². The van der Waals surface area contributed by atoms with Gasteiger partial charge in [0.1, 0.15) is 0 Å². The molecular weight excluding hydrogens is 180 g/mol. The van der Waals surface area contributed by atoms with Crippen molar-refractivity contribution >= 4 is 5.97 Å². The van der Waals surface area contributed by atoms with Crippen LogP contribution in [0.1, 0.15) is 22.5 Å². The van der Waals surface area contributed by atoms with Gasteiger partial charge >= 0.3 is 5.97 Å². The van der Waals surface area contributed by atoms with Crippen molar-refractivity contribution < 1.29 is 9.53 Å². The minimum absolute atomic E-state index is 0.399. The second-order valence-corrected chi connectivity index (χ2v) is 2.69. The zero-order valence-corrected chi connectivity index (χ0v) is 7.86. The monoisotopic (exact) mass is 190 g/mol. The predicted octanol–water partition coefficient (Wildman–Crippen LogP) is 1.32. The summed E-state index contributed by atoms with van der Waals surface area (Å²) < 4.78 is 4.53. The molecule has 1 aromatic heterocycles. The quantitative estimate of drug-likeness (QED) is 0.674. The Bertz CT molecular complexity index is 351. The lowest BCUT2D eigenvalue weighted by Crippen LogP contribution is -2.02. The predicted molar refractivity (Wildman–Crippen MR) is 49.5 cm³/mol. The number of nitrogens with zero attached hydrogens (tertiary/aromatic N) is 2. The summed E-state index contributed by atoms with van der Waals surface area (Å²) in [6.45, 7) is 0. The van der Waals surface area contributed by atoms with Gasteiger partial charge in [-0.3, -0.25) is 4.98 Å². The number of carbonyl (C=O) groups excluding carboxylic acids is 1. The fraction of sp³-hybridized carbons (Fsp3) is 0.300. The maximum Gasteiger partial charge on any atom is 0.339 e. The molecule has 0 saturated carbocycles. The van der Waals surface area contributed by atoms with Crippen molar-refractivity contribution in [1.82, 2.24) is 4.98 Å². The molecule has 4 heteroatoms. The molecule has 0 aliphatic rings. The van der Waals surface area contributed by atoms with Crippen molar-refractivity contribution in [1.29, 1.82) is 5.26 Å². The number of ether oxygens (including phenoxy) is 1. The topological polar surface area (TPSA) is 63.0 Å². The van der Waals surface area contributed by atoms with Gasteiger partial charge in [-0.1, -0.05) is 0 Å². The van der Waals surface area contributed by atoms with Gasteiger partial charge in [-0.05, 0) is 12.1 Å². The zero-order valence-electron chi connectivity index (χ0n) is 7.86. The summed E-state index contributed by atoms with van der Waals surface area (Å²) in [4.78, 5) is 15.1. The van der Waals surface area contributed by atoms with E-state index < -0.39 is 5.97 Å². The van der Waals surface area contributed by atoms with Crippen LogP contribution in [-0.4, -0.2) is 18.1 Å². The number of rotatable bonds is 3. The van der Waals surface area contributed by atoms with E-state index in [1.807, 2.05) is 6.07 Å². The number of esters is 1. The number of aromatic nitrogens is 1. The number of hydrogen-bond acceptors (Lipinski definition) is 4. The summed E-state index contributed by atoms with van der Waals surface area (Å²) in [5, 5.41) is 8.36. The molecule has 0 radical (unpaired) electrons. The van der Waals surface area contributed by atoms with E-state index in [0.717, 1.165) is 5.69 Å². The highest BCUT2D eigenvalue weighted by Crippen LogP contribution is 2.03. The highest BCUT2D eigenvalue weighted by Gasteiger charge is 2.04. The second kappa shape index (κ2) is 4.97. The van der Waals surface area contributed by atoms with E-state index in [1.165, 1.54) is 13.3 Å². The highest BCUT2D eigenvalue weighted by atomic mass is 16.5. The van der Waals surface area contributed by atoms with E-state index in [9.17, 15) is 4.79 Å². The van der Waals surface area contributed by atoms with E-state index in [1.54, 1.807) is 12.1 Å². The fourth-order valence-corrected chi connectivity index (χ4v) is 0.995. The van der Waals surface area contributed by atoms with Gasteiger partial charge in [-0.2, -0.15) is 5.26 Å². The van der Waals surface area contributed by atoms with Gasteiger partial charge in [0.05, 0.1) is 18.7 Å². The number of nitriles is 1. The smallest absolute Gasteiger partial charge is 0.339 e. The first-order valence-electron chi connectivity index (χ1n) is 4.18. The lowest BCUT2D eigenvalue weighted by atomic mass is 10.2. The molecule has 1 heterocycles. The fourth-order valence-electron chi connectivity index (χ4n) is 0.995. The van der Waals surface area contributed by atoms with Crippen LogP contribution in [0.3, 0.4) is 0 Å². The average molecular weight is 190 g/mol. The van der Waals surface area contributed by atoms with Crippen molar-refractivity contribution in [2.45, 2.75) is 12.8 Å². The third kappa shape index (κ3) is 2.56. The molecule has 0 saturated heterocycles. The summed E-state index contributed by atoms with van der Waals surface area (Å²) in [5.41, 5.74) is 1.23. The summed E-state index contributed by atoms with van der Waals surface area (Å²) >= 11 is 0. The van der Waals surface area contributed by atoms with Gasteiger partial charge in [-0.15, -0.1) is 0 Å². The maximum atomic E-state index is 11.0. The zero-order chi connectivity index (χ0) is 10.4. The van der Waals surface area contributed by atoms with E-state index in [4.69, 9.17) is 5.26 Å². The van der Waals surface area contributed by atoms with Crippen LogP contribution in [0.4, 0.5) is 0 Å². The van der Waals surface area contributed by atoms with Crippen LogP contribution in [0.5, 0.6) is 0 Å². The first kappa shape index (κ1) is 10.2. The molecule has 0 spiro atoms. The molecule has 0 atom stereocenters. The van der Waals surface area contributed by atoms with Gasteiger partial charge in [0.25, 0.3) is 0 Å². The maximum absolute atomic E-state index is 11.0. The van der Waals surface area contributed by atoms with Crippen LogP contribution < -0.4 is 0 Å². The lowest BCUT2D eigenvalue weighted by molar-refractivity contribution is 0.0600. The molecule has 0 unspecified atom stereocenters. The Hall–Kier alpha value is -1.89. The van der Waals surface area contributed by atoms with E-state index >= 15 is 0 Å². The van der Waals surface area contributed by atoms with Crippen molar-refractivity contribution in [3.63, 3.8) is 0 Å². The number of aryl methyl sites for hydroxylation is 1. The van der Waals surface area contributed by atoms with Crippen LogP contribution in [0.2, 0.25) is 0 Å². The van der Waals surface area contributed by atoms with E-state index in [2.05, 4.69) is 9.72 Å². The molecule has 0 aromatic carbocycles. The highest BCUT2D eigenvalue weighted by molar-refractivity contribution is 5.88. The van der Waals surface area contributed by atoms with Gasteiger partial charge < -0.3 is 4.74 Å². The molecule has 0 bridgehead atoms. The first-order valence-corrected chi connectivity index (χ1v) is 4.18. The Morgan fingerprint density at radius 3 is 2.93 bits per heavy atom. The van der Waals surface area contributed by atoms with Crippen molar-refractivity contribution in [2.24, 2.45) is 0 Å². The summed E-state index contributed by atoms with van der Waals surface area (Å²) in [6, 6.07) is 5.40. The van der Waals surface area contributed by atoms with E-state index in [-0.39, 0.29) is 0 Å². The Balaban J connectivity index is 2.69. The SMILES string of the molecule is COC(=O)c1ccc(CCC#N)nc1. The molecule has 1 aromatic rings. The molecule has 0 aliphatic heterocycles. The molecule has 14 heavy (non-hydrogen) atoms. The normalized spacial score (nSPS) is 9.14. The Kier molecular flexibility index (Phi) is 3.62. The molecule has 4 nitrogen and oxygen atoms in total. The first-order chi connectivity index (χ1) is 6.77. The Morgan fingerprint density at radius 1 is 1.64 bits per heavy atom. The molecule has 0 fully saturated rings. The Labute approximate surface area is 82.1 Å². The number of carbonyl (C=O) groups is 1. The molecule has 0 aliphatic carbocycles. The van der Waals surface area contributed by atoms with Gasteiger partial charge in [0.2, 0.25) is 0 Å². The molecule has 72 valence electrons. The Morgan fingerprint density at radius 2 is 2.43 bits per heavy atom. The van der Waals surface area contributed by atoms with Crippen molar-refractivity contribution in [2.75, 3.05) is 7.11 Å². The van der Waals surface area contributed by atoms with Gasteiger partial charge in [0, 0.05) is 24.7 Å². The van der Waals surface area contributed by atoms with E-state index in [0.29, 0.717) is 18.4 Å². The summed E-state index contributed by atoms with van der Waals surface area (Å²) in [7, 11) is 1.33. The second-order valence-electron chi connectivity index (χ2n) is 2.69. The molecule has 0 N–H and O–H groups in total. The molecule has 1 rings (SSSR count). The molecule has 0 amide bonds. The van der Waals surface area contributed by atoms with Gasteiger partial charge in [0.15, 0.2) is 0 Å². The lowest BCUT2D eigenvalue weighted by Gasteiger charge is -1.99. The summed E-state index contributed by atoms with van der Waals surface area (Å²) in [5.74, 6) is -0.399. The van der Waals surface area contributed by atoms with Crippen molar-refractivity contribution in [3.05, 3.63) is 29.6 Å². The number of methoxy groups -OCH3 is 1. The number of pyridine rings is 1. The third-order valence-corrected chi connectivity index (χ3v) is 1.74. The standard InChI is InChI=1S/C10H10N2O2/c1-14-10(13)8-4-5-9(12-7-8)3-2-6-11/h4-5,7H,2-3H2,1H3. The molecular formula is C10H10N2O2. The number of hydrogen-bond donors (Lipinski definition) is 0. The van der Waals surface area contributed by atoms with Crippen LogP contribution in [0, 0.1) is 11.3 Å². The van der Waals surface area contributed by atoms with Crippen LogP contribution in [0.15, 0.2) is 18.3 Å². The third-order valence-electron chi connectivity index (χ3n) is 1.74. The minimum atomic E-state index is -0.399. The summed E-state index contributed by atoms with van der Waals surface area (Å²) in [6.07, 6.45) is 2.50. The van der Waals surface area contributed by atoms with Crippen LogP contribution >= 0.6 is 0 Å². The van der Waals surface area contributed by atoms with Crippen molar-refractivity contribution in [3.8, 4) is 6.07 Å². The van der Waals surface area contributed by atoms with Crippen LogP contribution in [-0.2, 0) is 11.2 Å². The average Bonchev–Trinajstić information content (AvgIpc) is 2.26. The van der Waals surface area contributed by atoms with Gasteiger partial charge in [-0.25, -0.2) is 4.79 Å². The largest absolute Gasteiger partial charge is 0.465 e. The minimum Gasteiger partial charge on any atom is -0.465 e.